The summed E-state index contributed by atoms with van der Waals surface area (Å²) < 4.78 is 29.2. The van der Waals surface area contributed by atoms with Crippen molar-refractivity contribution in [3.05, 3.63) is 70.3 Å². The summed E-state index contributed by atoms with van der Waals surface area (Å²) in [6.45, 7) is 0. The molecule has 3 rings (SSSR count). The second-order valence-electron chi connectivity index (χ2n) is 4.54. The molecule has 0 aliphatic rings. The minimum absolute atomic E-state index is 0.0579. The lowest BCUT2D eigenvalue weighted by atomic mass is 10.1. The molecule has 0 aliphatic heterocycles. The average Bonchev–Trinajstić information content (AvgIpc) is 2.87. The van der Waals surface area contributed by atoms with E-state index in [-0.39, 0.29) is 16.8 Å². The van der Waals surface area contributed by atoms with Crippen molar-refractivity contribution in [2.24, 2.45) is 0 Å². The average molecular weight is 363 g/mol. The summed E-state index contributed by atoms with van der Waals surface area (Å²) in [6, 6.07) is 12.1. The van der Waals surface area contributed by atoms with Crippen molar-refractivity contribution in [2.45, 2.75) is 0 Å². The molecule has 2 aromatic carbocycles. The molecular formula is C16H9BrF2N2O. The molecule has 0 saturated heterocycles. The third kappa shape index (κ3) is 2.46. The lowest BCUT2D eigenvalue weighted by Gasteiger charge is -2.02. The van der Waals surface area contributed by atoms with Crippen LogP contribution < -0.4 is 0 Å². The maximum absolute atomic E-state index is 14.0. The molecule has 0 aliphatic carbocycles. The molecule has 6 heteroatoms. The van der Waals surface area contributed by atoms with Gasteiger partial charge in [-0.25, -0.2) is 13.5 Å². The van der Waals surface area contributed by atoms with E-state index in [9.17, 15) is 13.6 Å². The molecule has 22 heavy (non-hydrogen) atoms. The van der Waals surface area contributed by atoms with Crippen LogP contribution in [0.15, 0.2) is 53.1 Å². The molecule has 0 bridgehead atoms. The molecule has 3 nitrogen and oxygen atoms in total. The summed E-state index contributed by atoms with van der Waals surface area (Å²) in [5, 5.41) is 4.25. The molecular weight excluding hydrogens is 354 g/mol. The van der Waals surface area contributed by atoms with Crippen molar-refractivity contribution in [3.8, 4) is 16.9 Å². The van der Waals surface area contributed by atoms with E-state index in [2.05, 4.69) is 21.0 Å². The molecule has 0 saturated carbocycles. The number of aldehydes is 1. The SMILES string of the molecule is O=Cc1c(-c2cc(F)ccc2F)nn(-c2ccccc2)c1Br. The fourth-order valence-electron chi connectivity index (χ4n) is 2.13. The Labute approximate surface area is 133 Å². The zero-order valence-corrected chi connectivity index (χ0v) is 12.7. The summed E-state index contributed by atoms with van der Waals surface area (Å²) in [5.41, 5.74) is 0.883. The summed E-state index contributed by atoms with van der Waals surface area (Å²) in [6.07, 6.45) is 0.566. The Kier molecular flexibility index (Phi) is 3.85. The first kappa shape index (κ1) is 14.6. The number of aromatic nitrogens is 2. The fourth-order valence-corrected chi connectivity index (χ4v) is 2.70. The number of rotatable bonds is 3. The number of halogens is 3. The van der Waals surface area contributed by atoms with Crippen molar-refractivity contribution < 1.29 is 13.6 Å². The first-order valence-electron chi connectivity index (χ1n) is 6.36. The zero-order valence-electron chi connectivity index (χ0n) is 11.1. The van der Waals surface area contributed by atoms with E-state index in [1.54, 1.807) is 12.1 Å². The van der Waals surface area contributed by atoms with Gasteiger partial charge in [0, 0.05) is 5.56 Å². The molecule has 1 aromatic heterocycles. The summed E-state index contributed by atoms with van der Waals surface area (Å²) in [4.78, 5) is 11.4. The van der Waals surface area contributed by atoms with E-state index < -0.39 is 11.6 Å². The highest BCUT2D eigenvalue weighted by molar-refractivity contribution is 9.10. The van der Waals surface area contributed by atoms with Gasteiger partial charge < -0.3 is 0 Å². The van der Waals surface area contributed by atoms with E-state index in [0.29, 0.717) is 16.6 Å². The Morgan fingerprint density at radius 3 is 2.50 bits per heavy atom. The third-order valence-electron chi connectivity index (χ3n) is 3.17. The lowest BCUT2D eigenvalue weighted by Crippen LogP contribution is -1.96. The quantitative estimate of drug-likeness (QED) is 0.647. The van der Waals surface area contributed by atoms with Crippen LogP contribution in [0.3, 0.4) is 0 Å². The van der Waals surface area contributed by atoms with E-state index >= 15 is 0 Å². The van der Waals surface area contributed by atoms with Crippen LogP contribution in [-0.4, -0.2) is 16.1 Å². The predicted molar refractivity (Wildman–Crippen MR) is 82.0 cm³/mol. The van der Waals surface area contributed by atoms with E-state index in [1.165, 1.54) is 4.68 Å². The maximum Gasteiger partial charge on any atom is 0.155 e. The van der Waals surface area contributed by atoms with Crippen LogP contribution in [0.1, 0.15) is 10.4 Å². The Bertz CT molecular complexity index is 847. The number of hydrogen-bond donors (Lipinski definition) is 0. The molecule has 0 radical (unpaired) electrons. The minimum Gasteiger partial charge on any atom is -0.298 e. The topological polar surface area (TPSA) is 34.9 Å². The monoisotopic (exact) mass is 362 g/mol. The van der Waals surface area contributed by atoms with Crippen LogP contribution in [0.25, 0.3) is 16.9 Å². The van der Waals surface area contributed by atoms with E-state index in [0.717, 1.165) is 18.2 Å². The van der Waals surface area contributed by atoms with Gasteiger partial charge >= 0.3 is 0 Å². The van der Waals surface area contributed by atoms with Crippen LogP contribution in [0.4, 0.5) is 8.78 Å². The van der Waals surface area contributed by atoms with Crippen LogP contribution in [-0.2, 0) is 0 Å². The minimum atomic E-state index is -0.644. The smallest absolute Gasteiger partial charge is 0.155 e. The summed E-state index contributed by atoms with van der Waals surface area (Å²) >= 11 is 3.29. The van der Waals surface area contributed by atoms with E-state index in [1.807, 2.05) is 18.2 Å². The Balaban J connectivity index is 2.25. The van der Waals surface area contributed by atoms with Gasteiger partial charge in [-0.1, -0.05) is 18.2 Å². The summed E-state index contributed by atoms with van der Waals surface area (Å²) in [7, 11) is 0. The van der Waals surface area contributed by atoms with Crippen LogP contribution in [0.2, 0.25) is 0 Å². The number of hydrogen-bond acceptors (Lipinski definition) is 2. The van der Waals surface area contributed by atoms with Crippen molar-refractivity contribution in [3.63, 3.8) is 0 Å². The third-order valence-corrected chi connectivity index (χ3v) is 3.93. The first-order valence-corrected chi connectivity index (χ1v) is 7.15. The van der Waals surface area contributed by atoms with Gasteiger partial charge in [-0.05, 0) is 46.3 Å². The number of carbonyl (C=O) groups excluding carboxylic acids is 1. The number of para-hydroxylation sites is 1. The highest BCUT2D eigenvalue weighted by atomic mass is 79.9. The molecule has 0 atom stereocenters. The van der Waals surface area contributed by atoms with Crippen LogP contribution >= 0.6 is 15.9 Å². The van der Waals surface area contributed by atoms with Crippen LogP contribution in [0, 0.1) is 11.6 Å². The Morgan fingerprint density at radius 1 is 1.09 bits per heavy atom. The largest absolute Gasteiger partial charge is 0.298 e. The van der Waals surface area contributed by atoms with Gasteiger partial charge in [0.2, 0.25) is 0 Å². The van der Waals surface area contributed by atoms with Gasteiger partial charge in [-0.2, -0.15) is 5.10 Å². The number of benzene rings is 2. The van der Waals surface area contributed by atoms with Gasteiger partial charge in [-0.15, -0.1) is 0 Å². The molecule has 3 aromatic rings. The Hall–Kier alpha value is -2.34. The van der Waals surface area contributed by atoms with Crippen molar-refractivity contribution in [2.75, 3.05) is 0 Å². The standard InChI is InChI=1S/C16H9BrF2N2O/c17-16-13(9-22)15(12-8-10(18)6-7-14(12)19)20-21(16)11-4-2-1-3-5-11/h1-9H. The molecule has 0 amide bonds. The number of carbonyl (C=O) groups is 1. The highest BCUT2D eigenvalue weighted by Crippen LogP contribution is 2.31. The van der Waals surface area contributed by atoms with Gasteiger partial charge in [0.1, 0.15) is 21.9 Å². The number of nitrogens with zero attached hydrogens (tertiary/aromatic N) is 2. The summed E-state index contributed by atoms with van der Waals surface area (Å²) in [5.74, 6) is -1.24. The second kappa shape index (κ2) is 5.81. The van der Waals surface area contributed by atoms with Crippen molar-refractivity contribution in [1.82, 2.24) is 9.78 Å². The second-order valence-corrected chi connectivity index (χ2v) is 5.29. The normalized spacial score (nSPS) is 10.7. The molecule has 0 N–H and O–H groups in total. The van der Waals surface area contributed by atoms with Crippen molar-refractivity contribution in [1.29, 1.82) is 0 Å². The molecule has 1 heterocycles. The van der Waals surface area contributed by atoms with Gasteiger partial charge in [0.05, 0.1) is 11.3 Å². The van der Waals surface area contributed by atoms with Gasteiger partial charge in [0.15, 0.2) is 6.29 Å². The fraction of sp³-hybridized carbons (Fsp3) is 0. The lowest BCUT2D eigenvalue weighted by molar-refractivity contribution is 0.112. The first-order chi connectivity index (χ1) is 10.6. The van der Waals surface area contributed by atoms with Gasteiger partial charge in [0.25, 0.3) is 0 Å². The zero-order chi connectivity index (χ0) is 15.7. The Morgan fingerprint density at radius 2 is 1.82 bits per heavy atom. The van der Waals surface area contributed by atoms with Gasteiger partial charge in [-0.3, -0.25) is 4.79 Å². The van der Waals surface area contributed by atoms with E-state index in [4.69, 9.17) is 0 Å². The molecule has 0 fully saturated rings. The van der Waals surface area contributed by atoms with Crippen LogP contribution in [0.5, 0.6) is 0 Å². The molecule has 110 valence electrons. The molecule has 0 spiro atoms. The molecule has 0 unspecified atom stereocenters. The van der Waals surface area contributed by atoms with Crippen molar-refractivity contribution >= 4 is 22.2 Å². The maximum atomic E-state index is 14.0. The predicted octanol–water partition coefficient (Wildman–Crippen LogP) is 4.39. The highest BCUT2D eigenvalue weighted by Gasteiger charge is 2.20.